The second kappa shape index (κ2) is 9.85. The van der Waals surface area contributed by atoms with Crippen molar-refractivity contribution in [2.75, 3.05) is 13.7 Å². The Balaban J connectivity index is 2.11. The maximum Gasteiger partial charge on any atom is 0.163 e. The van der Waals surface area contributed by atoms with E-state index in [9.17, 15) is 4.39 Å². The lowest BCUT2D eigenvalue weighted by molar-refractivity contribution is 0.279. The molecule has 0 spiro atoms. The molecule has 2 rings (SSSR count). The molecule has 6 heteroatoms. The lowest BCUT2D eigenvalue weighted by Gasteiger charge is -2.15. The van der Waals surface area contributed by atoms with E-state index in [4.69, 9.17) is 32.7 Å². The molecule has 0 bridgehead atoms. The predicted octanol–water partition coefficient (Wildman–Crippen LogP) is 5.61. The van der Waals surface area contributed by atoms with Gasteiger partial charge < -0.3 is 14.8 Å². The van der Waals surface area contributed by atoms with Crippen LogP contribution in [0.3, 0.4) is 0 Å². The van der Waals surface area contributed by atoms with Gasteiger partial charge in [-0.15, -0.1) is 0 Å². The lowest BCUT2D eigenvalue weighted by atomic mass is 10.2. The van der Waals surface area contributed by atoms with Crippen LogP contribution >= 0.6 is 23.2 Å². The Morgan fingerprint density at radius 1 is 1.12 bits per heavy atom. The molecule has 0 atom stereocenters. The molecule has 2 aromatic carbocycles. The Kier molecular flexibility index (Phi) is 7.82. The molecule has 2 aromatic rings. The van der Waals surface area contributed by atoms with Crippen LogP contribution in [0.2, 0.25) is 10.0 Å². The van der Waals surface area contributed by atoms with E-state index in [0.717, 1.165) is 24.9 Å². The van der Waals surface area contributed by atoms with Crippen LogP contribution in [0.4, 0.5) is 4.39 Å². The number of hydrogen-bond acceptors (Lipinski definition) is 3. The Morgan fingerprint density at radius 2 is 1.92 bits per heavy atom. The third kappa shape index (κ3) is 5.50. The summed E-state index contributed by atoms with van der Waals surface area (Å²) in [6, 6.07) is 8.04. The van der Waals surface area contributed by atoms with E-state index in [1.54, 1.807) is 25.3 Å². The van der Waals surface area contributed by atoms with Crippen LogP contribution in [-0.4, -0.2) is 13.7 Å². The molecular weight excluding hydrogens is 364 g/mol. The number of unbranched alkanes of at least 4 members (excludes halogenated alkanes) is 1. The normalized spacial score (nSPS) is 10.8. The molecule has 0 aliphatic rings. The van der Waals surface area contributed by atoms with Gasteiger partial charge >= 0.3 is 0 Å². The second-order valence-corrected chi connectivity index (χ2v) is 6.43. The molecule has 136 valence electrons. The summed E-state index contributed by atoms with van der Waals surface area (Å²) in [5.74, 6) is 0.586. The van der Waals surface area contributed by atoms with E-state index in [2.05, 4.69) is 12.2 Å². The van der Waals surface area contributed by atoms with Gasteiger partial charge in [-0.1, -0.05) is 42.6 Å². The minimum atomic E-state index is -0.408. The van der Waals surface area contributed by atoms with Crippen LogP contribution in [-0.2, 0) is 13.2 Å². The van der Waals surface area contributed by atoms with Gasteiger partial charge in [0, 0.05) is 23.2 Å². The highest BCUT2D eigenvalue weighted by Gasteiger charge is 2.13. The van der Waals surface area contributed by atoms with Gasteiger partial charge in [-0.2, -0.15) is 0 Å². The van der Waals surface area contributed by atoms with Gasteiger partial charge in [0.15, 0.2) is 11.5 Å². The quantitative estimate of drug-likeness (QED) is 0.569. The lowest BCUT2D eigenvalue weighted by Crippen LogP contribution is -2.14. The van der Waals surface area contributed by atoms with Crippen LogP contribution in [0.5, 0.6) is 11.5 Å². The molecule has 0 amide bonds. The van der Waals surface area contributed by atoms with Crippen molar-refractivity contribution in [1.29, 1.82) is 0 Å². The average Bonchev–Trinajstić information content (AvgIpc) is 2.59. The topological polar surface area (TPSA) is 30.5 Å². The molecule has 0 saturated carbocycles. The summed E-state index contributed by atoms with van der Waals surface area (Å²) in [6.45, 7) is 3.71. The number of hydrogen-bond donors (Lipinski definition) is 1. The summed E-state index contributed by atoms with van der Waals surface area (Å²) >= 11 is 12.4. The number of nitrogens with one attached hydrogen (secondary N) is 1. The number of ether oxygens (including phenoxy) is 2. The van der Waals surface area contributed by atoms with Crippen molar-refractivity contribution in [3.05, 3.63) is 57.3 Å². The van der Waals surface area contributed by atoms with Crippen molar-refractivity contribution < 1.29 is 13.9 Å². The summed E-state index contributed by atoms with van der Waals surface area (Å²) < 4.78 is 24.9. The minimum Gasteiger partial charge on any atom is -0.493 e. The molecule has 0 unspecified atom stereocenters. The predicted molar refractivity (Wildman–Crippen MR) is 100 cm³/mol. The van der Waals surface area contributed by atoms with Crippen LogP contribution in [0.25, 0.3) is 0 Å². The largest absolute Gasteiger partial charge is 0.493 e. The van der Waals surface area contributed by atoms with Crippen molar-refractivity contribution in [2.24, 2.45) is 0 Å². The molecule has 0 aliphatic heterocycles. The van der Waals surface area contributed by atoms with Crippen LogP contribution in [0, 0.1) is 5.82 Å². The molecule has 1 N–H and O–H groups in total. The molecule has 3 nitrogen and oxygen atoms in total. The van der Waals surface area contributed by atoms with Gasteiger partial charge in [0.2, 0.25) is 0 Å². The van der Waals surface area contributed by atoms with Crippen LogP contribution in [0.15, 0.2) is 30.3 Å². The van der Waals surface area contributed by atoms with Gasteiger partial charge in [0.1, 0.15) is 12.4 Å². The minimum absolute atomic E-state index is 0.00765. The van der Waals surface area contributed by atoms with Gasteiger partial charge in [0.05, 0.1) is 12.1 Å². The van der Waals surface area contributed by atoms with Crippen molar-refractivity contribution in [2.45, 2.75) is 32.9 Å². The number of methoxy groups -OCH3 is 1. The first-order valence-corrected chi connectivity index (χ1v) is 8.95. The number of benzene rings is 2. The molecular formula is C19H22Cl2FNO2. The highest BCUT2D eigenvalue weighted by atomic mass is 35.5. The first-order valence-electron chi connectivity index (χ1n) is 8.19. The van der Waals surface area contributed by atoms with E-state index >= 15 is 0 Å². The number of rotatable bonds is 9. The molecule has 25 heavy (non-hydrogen) atoms. The van der Waals surface area contributed by atoms with Crippen molar-refractivity contribution >= 4 is 23.2 Å². The fraction of sp³-hybridized carbons (Fsp3) is 0.368. The highest BCUT2D eigenvalue weighted by molar-refractivity contribution is 6.31. The molecule has 0 aliphatic carbocycles. The standard InChI is InChI=1S/C19H22Cl2FNO2/c1-3-4-8-23-11-13-9-18(24-2)19(10-16(13)21)25-12-14-15(20)6-5-7-17(14)22/h5-7,9-10,23H,3-4,8,11-12H2,1-2H3. The fourth-order valence-electron chi connectivity index (χ4n) is 2.33. The maximum absolute atomic E-state index is 13.9. The zero-order chi connectivity index (χ0) is 18.2. The summed E-state index contributed by atoms with van der Waals surface area (Å²) in [5.41, 5.74) is 1.22. The molecule has 0 fully saturated rings. The van der Waals surface area contributed by atoms with Gasteiger partial charge in [-0.05, 0) is 36.7 Å². The van der Waals surface area contributed by atoms with Gasteiger partial charge in [0.25, 0.3) is 0 Å². The van der Waals surface area contributed by atoms with Crippen molar-refractivity contribution in [3.63, 3.8) is 0 Å². The van der Waals surface area contributed by atoms with Crippen LogP contribution < -0.4 is 14.8 Å². The van der Waals surface area contributed by atoms with E-state index in [1.807, 2.05) is 6.07 Å². The van der Waals surface area contributed by atoms with Crippen molar-refractivity contribution in [3.8, 4) is 11.5 Å². The number of halogens is 3. The first kappa shape index (κ1) is 19.8. The molecule has 0 saturated heterocycles. The Morgan fingerprint density at radius 3 is 2.60 bits per heavy atom. The zero-order valence-electron chi connectivity index (χ0n) is 14.4. The first-order chi connectivity index (χ1) is 12.1. The summed E-state index contributed by atoms with van der Waals surface area (Å²) in [5, 5.41) is 4.23. The SMILES string of the molecule is CCCCNCc1cc(OC)c(OCc2c(F)cccc2Cl)cc1Cl. The molecule has 0 aromatic heterocycles. The fourth-order valence-corrected chi connectivity index (χ4v) is 2.77. The summed E-state index contributed by atoms with van der Waals surface area (Å²) in [6.07, 6.45) is 2.24. The third-order valence-electron chi connectivity index (χ3n) is 3.79. The van der Waals surface area contributed by atoms with E-state index in [1.165, 1.54) is 6.07 Å². The van der Waals surface area contributed by atoms with E-state index in [-0.39, 0.29) is 6.61 Å². The summed E-state index contributed by atoms with van der Waals surface area (Å²) in [4.78, 5) is 0. The second-order valence-electron chi connectivity index (χ2n) is 5.61. The maximum atomic E-state index is 13.9. The average molecular weight is 386 g/mol. The van der Waals surface area contributed by atoms with E-state index < -0.39 is 5.82 Å². The van der Waals surface area contributed by atoms with Crippen molar-refractivity contribution in [1.82, 2.24) is 5.32 Å². The van der Waals surface area contributed by atoms with E-state index in [0.29, 0.717) is 33.7 Å². The Bertz CT molecular complexity index is 690. The smallest absolute Gasteiger partial charge is 0.163 e. The molecule has 0 radical (unpaired) electrons. The molecule has 0 heterocycles. The monoisotopic (exact) mass is 385 g/mol. The Hall–Kier alpha value is -1.49. The van der Waals surface area contributed by atoms with Crippen LogP contribution in [0.1, 0.15) is 30.9 Å². The third-order valence-corrected chi connectivity index (χ3v) is 4.49. The van der Waals surface area contributed by atoms with Gasteiger partial charge in [-0.3, -0.25) is 0 Å². The highest BCUT2D eigenvalue weighted by Crippen LogP contribution is 2.34. The Labute approximate surface area is 158 Å². The summed E-state index contributed by atoms with van der Waals surface area (Å²) in [7, 11) is 1.56. The van der Waals surface area contributed by atoms with Gasteiger partial charge in [-0.25, -0.2) is 4.39 Å². The zero-order valence-corrected chi connectivity index (χ0v) is 15.9.